The number of nitrogens with zero attached hydrogens (tertiary/aromatic N) is 2. The van der Waals surface area contributed by atoms with Crippen LogP contribution in [-0.2, 0) is 4.79 Å². The molecule has 0 spiro atoms. The van der Waals surface area contributed by atoms with Crippen molar-refractivity contribution >= 4 is 51.4 Å². The fraction of sp³-hybridized carbons (Fsp3) is 0.267. The predicted molar refractivity (Wildman–Crippen MR) is 92.7 cm³/mol. The molecule has 3 heterocycles. The van der Waals surface area contributed by atoms with Crippen molar-refractivity contribution in [1.29, 1.82) is 0 Å². The van der Waals surface area contributed by atoms with Gasteiger partial charge in [-0.15, -0.1) is 0 Å². The van der Waals surface area contributed by atoms with Gasteiger partial charge in [0.2, 0.25) is 5.95 Å². The SMILES string of the molecule is Nc1nc(NC2CNC2)c2oc3ccc(Cl)cc3c2n1.O=C(O)C(F)(F)F. The highest BCUT2D eigenvalue weighted by Crippen LogP contribution is 2.33. The van der Waals surface area contributed by atoms with Gasteiger partial charge in [-0.2, -0.15) is 18.2 Å². The number of nitrogens with two attached hydrogens (primary N) is 1. The highest BCUT2D eigenvalue weighted by Gasteiger charge is 2.38. The minimum Gasteiger partial charge on any atom is -0.475 e. The monoisotopic (exact) mass is 403 g/mol. The van der Waals surface area contributed by atoms with Crippen LogP contribution in [0.15, 0.2) is 22.6 Å². The van der Waals surface area contributed by atoms with Gasteiger partial charge in [0.05, 0.1) is 6.04 Å². The number of fused-ring (bicyclic) bond motifs is 3. The average molecular weight is 404 g/mol. The number of furan rings is 1. The summed E-state index contributed by atoms with van der Waals surface area (Å²) in [7, 11) is 0. The van der Waals surface area contributed by atoms with Crippen LogP contribution >= 0.6 is 11.6 Å². The largest absolute Gasteiger partial charge is 0.490 e. The Labute approximate surface area is 154 Å². The van der Waals surface area contributed by atoms with Gasteiger partial charge in [0.15, 0.2) is 11.4 Å². The molecular weight excluding hydrogens is 391 g/mol. The number of aliphatic carboxylic acids is 1. The maximum atomic E-state index is 10.6. The first-order valence-corrected chi connectivity index (χ1v) is 7.95. The first kappa shape index (κ1) is 19.0. The van der Waals surface area contributed by atoms with Crippen LogP contribution in [0.3, 0.4) is 0 Å². The van der Waals surface area contributed by atoms with Gasteiger partial charge in [0.25, 0.3) is 0 Å². The lowest BCUT2D eigenvalue weighted by Gasteiger charge is -2.28. The van der Waals surface area contributed by atoms with Crippen LogP contribution in [0.25, 0.3) is 22.1 Å². The molecule has 144 valence electrons. The predicted octanol–water partition coefficient (Wildman–Crippen LogP) is 2.63. The lowest BCUT2D eigenvalue weighted by Crippen LogP contribution is -2.51. The van der Waals surface area contributed by atoms with Gasteiger partial charge in [0.1, 0.15) is 11.1 Å². The minimum absolute atomic E-state index is 0.218. The summed E-state index contributed by atoms with van der Waals surface area (Å²) in [5.41, 5.74) is 7.82. The average Bonchev–Trinajstić information content (AvgIpc) is 2.88. The molecule has 2 aromatic heterocycles. The number of nitrogens with one attached hydrogen (secondary N) is 2. The second-order valence-corrected chi connectivity index (χ2v) is 6.09. The molecule has 1 aliphatic heterocycles. The molecule has 0 saturated carbocycles. The Morgan fingerprint density at radius 2 is 2.04 bits per heavy atom. The second kappa shape index (κ2) is 7.08. The lowest BCUT2D eigenvalue weighted by atomic mass is 10.2. The smallest absolute Gasteiger partial charge is 0.475 e. The number of benzene rings is 1. The number of rotatable bonds is 2. The number of alkyl halides is 3. The Morgan fingerprint density at radius 3 is 2.59 bits per heavy atom. The van der Waals surface area contributed by atoms with Crippen LogP contribution in [0.1, 0.15) is 0 Å². The van der Waals surface area contributed by atoms with E-state index in [1.807, 2.05) is 12.1 Å². The maximum Gasteiger partial charge on any atom is 0.490 e. The molecule has 0 amide bonds. The van der Waals surface area contributed by atoms with Crippen molar-refractivity contribution in [2.45, 2.75) is 12.2 Å². The van der Waals surface area contributed by atoms with Crippen molar-refractivity contribution in [1.82, 2.24) is 15.3 Å². The molecule has 0 radical (unpaired) electrons. The van der Waals surface area contributed by atoms with E-state index in [2.05, 4.69) is 20.6 Å². The molecule has 3 aromatic rings. The summed E-state index contributed by atoms with van der Waals surface area (Å²) < 4.78 is 37.6. The van der Waals surface area contributed by atoms with Crippen LogP contribution in [0.5, 0.6) is 0 Å². The van der Waals surface area contributed by atoms with E-state index >= 15 is 0 Å². The summed E-state index contributed by atoms with van der Waals surface area (Å²) >= 11 is 6.03. The molecule has 5 N–H and O–H groups in total. The normalized spacial score (nSPS) is 14.5. The Kier molecular flexibility index (Phi) is 4.98. The Morgan fingerprint density at radius 1 is 1.37 bits per heavy atom. The molecule has 8 nitrogen and oxygen atoms in total. The number of hydrogen-bond acceptors (Lipinski definition) is 7. The van der Waals surface area contributed by atoms with E-state index in [4.69, 9.17) is 31.7 Å². The number of aromatic nitrogens is 2. The number of carbonyl (C=O) groups is 1. The van der Waals surface area contributed by atoms with E-state index in [1.165, 1.54) is 0 Å². The van der Waals surface area contributed by atoms with Gasteiger partial charge >= 0.3 is 12.1 Å². The summed E-state index contributed by atoms with van der Waals surface area (Å²) in [6.45, 7) is 1.80. The standard InChI is InChI=1S/C13H12ClN5O.C2HF3O2/c14-6-1-2-9-8(3-6)10-11(20-9)12(19-13(15)18-10)17-7-4-16-5-7;3-2(4,5)1(6)7/h1-3,7,16H,4-5H2,(H3,15,17,18,19);(H,6,7). The van der Waals surface area contributed by atoms with E-state index in [-0.39, 0.29) is 5.95 Å². The molecule has 0 atom stereocenters. The maximum absolute atomic E-state index is 10.6. The minimum atomic E-state index is -5.08. The third kappa shape index (κ3) is 4.14. The summed E-state index contributed by atoms with van der Waals surface area (Å²) in [6.07, 6.45) is -5.08. The van der Waals surface area contributed by atoms with Crippen LogP contribution in [0.4, 0.5) is 24.9 Å². The Bertz CT molecular complexity index is 1000. The number of hydrogen-bond donors (Lipinski definition) is 4. The van der Waals surface area contributed by atoms with Crippen molar-refractivity contribution in [2.24, 2.45) is 0 Å². The number of carboxylic acid groups (broad SMARTS) is 1. The first-order valence-electron chi connectivity index (χ1n) is 7.58. The molecule has 0 unspecified atom stereocenters. The lowest BCUT2D eigenvalue weighted by molar-refractivity contribution is -0.192. The van der Waals surface area contributed by atoms with E-state index in [9.17, 15) is 13.2 Å². The topological polar surface area (TPSA) is 126 Å². The number of carboxylic acids is 1. The van der Waals surface area contributed by atoms with Gasteiger partial charge in [-0.3, -0.25) is 0 Å². The summed E-state index contributed by atoms with van der Waals surface area (Å²) in [6, 6.07) is 5.77. The van der Waals surface area contributed by atoms with E-state index in [0.717, 1.165) is 24.1 Å². The van der Waals surface area contributed by atoms with Gasteiger partial charge in [0, 0.05) is 23.5 Å². The van der Waals surface area contributed by atoms with Crippen molar-refractivity contribution in [2.75, 3.05) is 24.1 Å². The van der Waals surface area contributed by atoms with Gasteiger partial charge in [-0.05, 0) is 18.2 Å². The van der Waals surface area contributed by atoms with E-state index in [1.54, 1.807) is 6.07 Å². The second-order valence-electron chi connectivity index (χ2n) is 5.65. The Balaban J connectivity index is 0.000000260. The number of nitrogen functional groups attached to an aromatic ring is 1. The van der Waals surface area contributed by atoms with Gasteiger partial charge in [-0.1, -0.05) is 11.6 Å². The van der Waals surface area contributed by atoms with Crippen LogP contribution in [-0.4, -0.2) is 46.4 Å². The van der Waals surface area contributed by atoms with Crippen molar-refractivity contribution in [3.63, 3.8) is 0 Å². The van der Waals surface area contributed by atoms with Crippen molar-refractivity contribution in [3.05, 3.63) is 23.2 Å². The molecule has 1 aromatic carbocycles. The fourth-order valence-electron chi connectivity index (χ4n) is 2.32. The number of anilines is 2. The molecule has 12 heteroatoms. The Hall–Kier alpha value is -2.79. The zero-order chi connectivity index (χ0) is 19.8. The summed E-state index contributed by atoms with van der Waals surface area (Å²) in [4.78, 5) is 17.4. The number of halogens is 4. The van der Waals surface area contributed by atoms with Crippen molar-refractivity contribution in [3.8, 4) is 0 Å². The van der Waals surface area contributed by atoms with Crippen LogP contribution in [0.2, 0.25) is 5.02 Å². The molecule has 4 rings (SSSR count). The summed E-state index contributed by atoms with van der Waals surface area (Å²) in [5, 5.41) is 15.1. The quantitative estimate of drug-likeness (QED) is 0.514. The molecule has 27 heavy (non-hydrogen) atoms. The zero-order valence-electron chi connectivity index (χ0n) is 13.5. The van der Waals surface area contributed by atoms with E-state index in [0.29, 0.717) is 28.0 Å². The van der Waals surface area contributed by atoms with Gasteiger partial charge in [-0.25, -0.2) is 9.78 Å². The first-order chi connectivity index (χ1) is 12.6. The highest BCUT2D eigenvalue weighted by molar-refractivity contribution is 6.31. The zero-order valence-corrected chi connectivity index (χ0v) is 14.2. The third-order valence-corrected chi connectivity index (χ3v) is 3.89. The van der Waals surface area contributed by atoms with Crippen molar-refractivity contribution < 1.29 is 27.5 Å². The van der Waals surface area contributed by atoms with Crippen LogP contribution in [0, 0.1) is 0 Å². The highest BCUT2D eigenvalue weighted by atomic mass is 35.5. The fourth-order valence-corrected chi connectivity index (χ4v) is 2.49. The molecule has 1 saturated heterocycles. The van der Waals surface area contributed by atoms with Gasteiger partial charge < -0.3 is 25.9 Å². The van der Waals surface area contributed by atoms with Crippen LogP contribution < -0.4 is 16.4 Å². The molecule has 0 aliphatic carbocycles. The molecule has 0 bridgehead atoms. The molecule has 1 fully saturated rings. The molecule has 1 aliphatic rings. The van der Waals surface area contributed by atoms with E-state index < -0.39 is 12.1 Å². The third-order valence-electron chi connectivity index (χ3n) is 3.66. The molecular formula is C15H13ClF3N5O3. The summed E-state index contributed by atoms with van der Waals surface area (Å²) in [5.74, 6) is -1.91.